The molecule has 1 aromatic rings. The molecule has 0 saturated carbocycles. The summed E-state index contributed by atoms with van der Waals surface area (Å²) in [5, 5.41) is 0. The number of ether oxygens (including phenoxy) is 4. The van der Waals surface area contributed by atoms with Gasteiger partial charge in [-0.15, -0.1) is 0 Å². The summed E-state index contributed by atoms with van der Waals surface area (Å²) >= 11 is 17.0. The molecule has 0 amide bonds. The summed E-state index contributed by atoms with van der Waals surface area (Å²) in [5.41, 5.74) is 0. The van der Waals surface area contributed by atoms with E-state index in [2.05, 4.69) is 91.8 Å². The second-order valence-corrected chi connectivity index (χ2v) is 20.3. The lowest BCUT2D eigenvalue weighted by atomic mass is 9.89. The molecule has 8 aliphatic rings. The topological polar surface area (TPSA) is 135 Å². The molecule has 0 radical (unpaired) electrons. The minimum Gasteiger partial charge on any atom is -0.468 e. The number of halogens is 5. The van der Waals surface area contributed by atoms with Crippen molar-refractivity contribution >= 4 is 109 Å². The molecule has 12 unspecified atom stereocenters. The average molecular weight is 1160 g/mol. The molecule has 60 heavy (non-hydrogen) atoms. The van der Waals surface area contributed by atoms with Gasteiger partial charge >= 0.3 is 0 Å². The molecule has 9 rings (SSSR count). The van der Waals surface area contributed by atoms with Gasteiger partial charge in [0.2, 0.25) is 0 Å². The highest BCUT2D eigenvalue weighted by molar-refractivity contribution is 9.12. The fourth-order valence-electron chi connectivity index (χ4n) is 8.52. The van der Waals surface area contributed by atoms with Gasteiger partial charge in [-0.05, 0) is 72.0 Å². The molecule has 0 aromatic carbocycles. The second kappa shape index (κ2) is 23.1. The zero-order chi connectivity index (χ0) is 43.8. The zero-order valence-electron chi connectivity index (χ0n) is 34.6. The summed E-state index contributed by atoms with van der Waals surface area (Å²) in [6.45, 7) is 9.51. The number of aryl methyl sites for hydroxylation is 1. The molecule has 0 N–H and O–H groups in total. The predicted molar refractivity (Wildman–Crippen MR) is 246 cm³/mol. The maximum atomic E-state index is 11.4. The van der Waals surface area contributed by atoms with Crippen LogP contribution in [0, 0.1) is 23.7 Å². The first-order valence-corrected chi connectivity index (χ1v) is 25.0. The number of fused-ring (bicyclic) bond motifs is 8. The number of hydrogen-bond acceptors (Lipinski definition) is 10. The Labute approximate surface area is 395 Å². The number of hydrogen-bond donors (Lipinski definition) is 0. The Bertz CT molecular complexity index is 1760. The highest BCUT2D eigenvalue weighted by atomic mass is 79.9. The molecule has 9 heterocycles. The smallest absolute Gasteiger partial charge is 0.138 e. The molecule has 4 saturated heterocycles. The van der Waals surface area contributed by atoms with E-state index in [0.717, 1.165) is 53.8 Å². The van der Waals surface area contributed by atoms with Crippen molar-refractivity contribution in [2.45, 2.75) is 154 Å². The van der Waals surface area contributed by atoms with Gasteiger partial charge in [0.05, 0.1) is 83.2 Å². The Morgan fingerprint density at radius 1 is 0.533 bits per heavy atom. The first-order chi connectivity index (χ1) is 28.6. The number of rotatable bonds is 12. The summed E-state index contributed by atoms with van der Waals surface area (Å²) in [5.74, 6) is 2.93. The maximum absolute atomic E-state index is 11.4. The van der Waals surface area contributed by atoms with Crippen LogP contribution in [0.3, 0.4) is 0 Å². The van der Waals surface area contributed by atoms with E-state index in [9.17, 15) is 24.0 Å². The van der Waals surface area contributed by atoms with Gasteiger partial charge in [-0.1, -0.05) is 98.3 Å². The lowest BCUT2D eigenvalue weighted by Gasteiger charge is -2.15. The molecule has 330 valence electrons. The third-order valence-corrected chi connectivity index (χ3v) is 15.7. The quantitative estimate of drug-likeness (QED) is 0.199. The van der Waals surface area contributed by atoms with Crippen LogP contribution in [0.25, 0.3) is 0 Å². The first-order valence-electron chi connectivity index (χ1n) is 21.1. The number of carbonyl (C=O) groups is 5. The van der Waals surface area contributed by atoms with Gasteiger partial charge in [-0.3, -0.25) is 24.0 Å². The van der Waals surface area contributed by atoms with Gasteiger partial charge in [-0.25, -0.2) is 0 Å². The minimum absolute atomic E-state index is 0.0300. The van der Waals surface area contributed by atoms with Gasteiger partial charge in [-0.2, -0.15) is 0 Å². The third kappa shape index (κ3) is 12.3. The maximum Gasteiger partial charge on any atom is 0.138 e. The van der Waals surface area contributed by atoms with Crippen molar-refractivity contribution in [3.05, 3.63) is 64.8 Å². The van der Waals surface area contributed by atoms with Crippen molar-refractivity contribution in [3.8, 4) is 0 Å². The molecule has 15 heteroatoms. The molecular weight excluding hydrogens is 1100 g/mol. The fraction of sp³-hybridized carbons (Fsp3) is 0.622. The van der Waals surface area contributed by atoms with Gasteiger partial charge in [0, 0.05) is 62.9 Å². The van der Waals surface area contributed by atoms with E-state index in [1.807, 2.05) is 52.8 Å². The SMILES string of the molecule is CCC(=O)C1CC2C=C(Br)C1O2.CCC(=O)C1CC2C=C(Br)C1O2.CCC(=O)C1CC2OC1C=C2Br.CCC(=O)C1CC2OC1C=C2Br.CCC(=O)CCc1occc1Br. The predicted octanol–water partition coefficient (Wildman–Crippen LogP) is 11.1. The van der Waals surface area contributed by atoms with Gasteiger partial charge in [0.25, 0.3) is 0 Å². The highest BCUT2D eigenvalue weighted by Crippen LogP contribution is 2.44. The van der Waals surface area contributed by atoms with Crippen LogP contribution >= 0.6 is 79.6 Å². The second-order valence-electron chi connectivity index (χ2n) is 15.8. The minimum atomic E-state index is 0.0300. The highest BCUT2D eigenvalue weighted by Gasteiger charge is 2.46. The normalized spacial score (nSPS) is 32.8. The number of Topliss-reactive ketones (excluding diaryl/α,β-unsaturated/α-hetero) is 5. The van der Waals surface area contributed by atoms with E-state index in [1.165, 1.54) is 0 Å². The fourth-order valence-corrected chi connectivity index (χ4v) is 11.5. The van der Waals surface area contributed by atoms with Crippen molar-refractivity contribution in [1.29, 1.82) is 0 Å². The Hall–Kier alpha value is -1.17. The van der Waals surface area contributed by atoms with Crippen molar-refractivity contribution in [1.82, 2.24) is 0 Å². The Morgan fingerprint density at radius 3 is 1.23 bits per heavy atom. The number of ketones is 5. The Morgan fingerprint density at radius 2 is 0.950 bits per heavy atom. The van der Waals surface area contributed by atoms with Crippen LogP contribution in [0.15, 0.2) is 63.5 Å². The van der Waals surface area contributed by atoms with E-state index in [4.69, 9.17) is 23.4 Å². The number of carbonyl (C=O) groups excluding carboxylic acids is 5. The van der Waals surface area contributed by atoms with E-state index in [1.54, 1.807) is 6.26 Å². The van der Waals surface area contributed by atoms with Gasteiger partial charge in [0.1, 0.15) is 34.7 Å². The molecule has 4 fully saturated rings. The van der Waals surface area contributed by atoms with Crippen LogP contribution in [0.5, 0.6) is 0 Å². The monoisotopic (exact) mass is 1150 g/mol. The van der Waals surface area contributed by atoms with Crippen molar-refractivity contribution in [2.75, 3.05) is 0 Å². The number of furan rings is 1. The molecule has 0 aliphatic carbocycles. The van der Waals surface area contributed by atoms with E-state index >= 15 is 0 Å². The van der Waals surface area contributed by atoms with Crippen molar-refractivity contribution < 1.29 is 47.3 Å². The van der Waals surface area contributed by atoms with Crippen LogP contribution in [-0.2, 0) is 49.3 Å². The molecule has 8 bridgehead atoms. The van der Waals surface area contributed by atoms with Crippen LogP contribution in [0.2, 0.25) is 0 Å². The molecule has 1 aromatic heterocycles. The zero-order valence-corrected chi connectivity index (χ0v) is 42.6. The van der Waals surface area contributed by atoms with E-state index in [-0.39, 0.29) is 78.3 Å². The lowest BCUT2D eigenvalue weighted by molar-refractivity contribution is -0.124. The van der Waals surface area contributed by atoms with Crippen LogP contribution < -0.4 is 0 Å². The average Bonchev–Trinajstić information content (AvgIpc) is 4.11. The summed E-state index contributed by atoms with van der Waals surface area (Å²) in [6, 6.07) is 1.84. The molecule has 0 spiro atoms. The summed E-state index contributed by atoms with van der Waals surface area (Å²) in [4.78, 5) is 56.6. The molecule has 12 atom stereocenters. The molecule has 10 nitrogen and oxygen atoms in total. The van der Waals surface area contributed by atoms with Crippen LogP contribution in [0.4, 0.5) is 0 Å². The van der Waals surface area contributed by atoms with Gasteiger partial charge in [0.15, 0.2) is 0 Å². The summed E-state index contributed by atoms with van der Waals surface area (Å²) < 4.78 is 32.7. The van der Waals surface area contributed by atoms with Crippen LogP contribution in [0.1, 0.15) is 105 Å². The lowest BCUT2D eigenvalue weighted by Crippen LogP contribution is -2.24. The molecule has 8 aliphatic heterocycles. The van der Waals surface area contributed by atoms with E-state index < -0.39 is 0 Å². The standard InChI is InChI=1S/5C9H11BrO2/c2*1-2-7(11)5-3-9-6(10)4-8(5)12-9;2*1-2-8(11)6-3-5-4-7(10)9(6)12-5;1-2-7(11)3-4-9-8(10)5-6-12-9/h2*4-5,8-9H,2-3H2,1H3;2*4-6,9H,2-3H2,1H3;5-6H,2-4H2,1H3. The van der Waals surface area contributed by atoms with Gasteiger partial charge < -0.3 is 23.4 Å². The molecular formula is C45H55Br5O10. The Balaban J connectivity index is 0.000000142. The van der Waals surface area contributed by atoms with Crippen molar-refractivity contribution in [2.24, 2.45) is 23.7 Å². The van der Waals surface area contributed by atoms with Crippen LogP contribution in [-0.4, -0.2) is 77.7 Å². The Kier molecular flexibility index (Phi) is 19.2. The summed E-state index contributed by atoms with van der Waals surface area (Å²) in [6.07, 6.45) is 18.5. The van der Waals surface area contributed by atoms with Crippen molar-refractivity contribution in [3.63, 3.8) is 0 Å². The largest absolute Gasteiger partial charge is 0.468 e. The summed E-state index contributed by atoms with van der Waals surface area (Å²) in [7, 11) is 0. The van der Waals surface area contributed by atoms with E-state index in [0.29, 0.717) is 68.1 Å². The third-order valence-electron chi connectivity index (χ3n) is 12.0. The first kappa shape index (κ1) is 49.8.